The van der Waals surface area contributed by atoms with Crippen LogP contribution in [0.1, 0.15) is 50.5 Å². The number of hydrogen-bond donors (Lipinski definition) is 2. The van der Waals surface area contributed by atoms with Gasteiger partial charge in [0.2, 0.25) is 5.91 Å². The first-order valence-corrected chi connectivity index (χ1v) is 12.3. The molecule has 0 aromatic heterocycles. The Labute approximate surface area is 203 Å². The molecule has 1 aliphatic heterocycles. The Kier molecular flexibility index (Phi) is 6.03. The van der Waals surface area contributed by atoms with Crippen molar-refractivity contribution in [3.8, 4) is 0 Å². The molecule has 10 nitrogen and oxygen atoms in total. The summed E-state index contributed by atoms with van der Waals surface area (Å²) in [6.07, 6.45) is 5.48. The second-order valence-corrected chi connectivity index (χ2v) is 11.0. The number of aryl methyl sites for hydroxylation is 1. The quantitative estimate of drug-likeness (QED) is 0.359. The molecule has 0 spiro atoms. The second-order valence-electron chi connectivity index (χ2n) is 11.0. The van der Waals surface area contributed by atoms with Crippen molar-refractivity contribution in [2.24, 2.45) is 23.2 Å². The van der Waals surface area contributed by atoms with E-state index < -0.39 is 41.0 Å². The van der Waals surface area contributed by atoms with Crippen molar-refractivity contribution in [2.45, 2.75) is 64.0 Å². The van der Waals surface area contributed by atoms with Crippen molar-refractivity contribution in [2.75, 3.05) is 18.5 Å². The van der Waals surface area contributed by atoms with E-state index in [9.17, 15) is 29.6 Å². The number of esters is 1. The first kappa shape index (κ1) is 23.7. The van der Waals surface area contributed by atoms with Crippen molar-refractivity contribution in [1.29, 1.82) is 0 Å². The lowest BCUT2D eigenvalue weighted by Gasteiger charge is -2.56. The largest absolute Gasteiger partial charge is 0.454 e. The highest BCUT2D eigenvalue weighted by Gasteiger charge is 2.57. The van der Waals surface area contributed by atoms with Gasteiger partial charge in [0.05, 0.1) is 16.4 Å². The molecule has 4 saturated carbocycles. The zero-order chi connectivity index (χ0) is 24.9. The van der Waals surface area contributed by atoms with Crippen LogP contribution in [0.5, 0.6) is 0 Å². The maximum absolute atomic E-state index is 13.7. The molecule has 1 aromatic carbocycles. The average Bonchev–Trinajstić information content (AvgIpc) is 3.19. The zero-order valence-corrected chi connectivity index (χ0v) is 19.8. The fourth-order valence-electron chi connectivity index (χ4n) is 7.26. The Morgan fingerprint density at radius 1 is 1.14 bits per heavy atom. The number of aliphatic hydroxyl groups is 1. The van der Waals surface area contributed by atoms with Crippen LogP contribution in [-0.2, 0) is 19.1 Å². The van der Waals surface area contributed by atoms with E-state index in [0.29, 0.717) is 29.0 Å². The van der Waals surface area contributed by atoms with Crippen LogP contribution in [-0.4, -0.2) is 58.0 Å². The number of hydrogen-bond acceptors (Lipinski definition) is 7. The minimum absolute atomic E-state index is 0.0407. The van der Waals surface area contributed by atoms with Gasteiger partial charge < -0.3 is 20.1 Å². The van der Waals surface area contributed by atoms with Crippen LogP contribution in [0.3, 0.4) is 0 Å². The number of ether oxygens (including phenoxy) is 1. The number of nitrogens with zero attached hydrogens (tertiary/aromatic N) is 2. The van der Waals surface area contributed by atoms with Crippen molar-refractivity contribution in [1.82, 2.24) is 4.90 Å². The molecule has 1 saturated heterocycles. The highest BCUT2D eigenvalue weighted by molar-refractivity contribution is 5.94. The third kappa shape index (κ3) is 4.51. The van der Waals surface area contributed by atoms with Crippen LogP contribution < -0.4 is 5.32 Å². The summed E-state index contributed by atoms with van der Waals surface area (Å²) in [5.74, 6) is 0.406. The molecule has 188 valence electrons. The van der Waals surface area contributed by atoms with Crippen molar-refractivity contribution >= 4 is 29.2 Å². The van der Waals surface area contributed by atoms with E-state index in [0.717, 1.165) is 19.3 Å². The summed E-state index contributed by atoms with van der Waals surface area (Å²) < 4.78 is 5.25. The molecule has 2 atom stereocenters. The van der Waals surface area contributed by atoms with Gasteiger partial charge in [0.25, 0.3) is 11.6 Å². The monoisotopic (exact) mass is 485 g/mol. The number of aliphatic hydroxyl groups excluding tert-OH is 1. The van der Waals surface area contributed by atoms with Crippen molar-refractivity contribution in [3.05, 3.63) is 33.9 Å². The van der Waals surface area contributed by atoms with Crippen LogP contribution >= 0.6 is 0 Å². The third-order valence-electron chi connectivity index (χ3n) is 8.34. The SMILES string of the molecule is Cc1cc([N+](=O)[O-])ccc1NC(=O)COC(=O)[C@@H]1CC(O)CN1C(=O)C12CC3CC(CC(C3)C1)C2. The topological polar surface area (TPSA) is 139 Å². The Balaban J connectivity index is 1.21. The molecule has 1 unspecified atom stereocenters. The Hall–Kier alpha value is -3.01. The summed E-state index contributed by atoms with van der Waals surface area (Å²) in [7, 11) is 0. The number of rotatable bonds is 6. The molecular weight excluding hydrogens is 454 g/mol. The van der Waals surface area contributed by atoms with Gasteiger partial charge in [0, 0.05) is 30.8 Å². The minimum Gasteiger partial charge on any atom is -0.454 e. The number of nitro groups is 1. The van der Waals surface area contributed by atoms with Gasteiger partial charge in [-0.1, -0.05) is 0 Å². The van der Waals surface area contributed by atoms with E-state index in [2.05, 4.69) is 5.32 Å². The van der Waals surface area contributed by atoms with Gasteiger partial charge in [0.1, 0.15) is 6.04 Å². The number of carbonyl (C=O) groups is 3. The Morgan fingerprint density at radius 3 is 2.34 bits per heavy atom. The van der Waals surface area contributed by atoms with Gasteiger partial charge in [-0.2, -0.15) is 0 Å². The third-order valence-corrected chi connectivity index (χ3v) is 8.34. The summed E-state index contributed by atoms with van der Waals surface area (Å²) in [6, 6.07) is 3.14. The lowest BCUT2D eigenvalue weighted by Crippen LogP contribution is -2.56. The van der Waals surface area contributed by atoms with Crippen LogP contribution in [0.15, 0.2) is 18.2 Å². The van der Waals surface area contributed by atoms with Gasteiger partial charge >= 0.3 is 5.97 Å². The number of nitrogens with one attached hydrogen (secondary N) is 1. The highest BCUT2D eigenvalue weighted by atomic mass is 16.6. The molecule has 1 heterocycles. The van der Waals surface area contributed by atoms with Crippen molar-refractivity contribution < 1.29 is 29.2 Å². The van der Waals surface area contributed by atoms with Gasteiger partial charge in [0.15, 0.2) is 6.61 Å². The lowest BCUT2D eigenvalue weighted by molar-refractivity contribution is -0.384. The van der Waals surface area contributed by atoms with Gasteiger partial charge in [-0.05, 0) is 74.8 Å². The number of benzene rings is 1. The minimum atomic E-state index is -0.903. The number of carbonyl (C=O) groups excluding carboxylic acids is 3. The molecule has 6 rings (SSSR count). The average molecular weight is 486 g/mol. The van der Waals surface area contributed by atoms with Gasteiger partial charge in [-0.15, -0.1) is 0 Å². The van der Waals surface area contributed by atoms with E-state index in [4.69, 9.17) is 4.74 Å². The fraction of sp³-hybridized carbons (Fsp3) is 0.640. The number of likely N-dealkylation sites (tertiary alicyclic amines) is 1. The number of non-ortho nitro benzene ring substituents is 1. The molecule has 5 fully saturated rings. The predicted molar refractivity (Wildman–Crippen MR) is 124 cm³/mol. The van der Waals surface area contributed by atoms with Gasteiger partial charge in [-0.3, -0.25) is 19.7 Å². The summed E-state index contributed by atoms with van der Waals surface area (Å²) >= 11 is 0. The van der Waals surface area contributed by atoms with Crippen molar-refractivity contribution in [3.63, 3.8) is 0 Å². The Bertz CT molecular complexity index is 1040. The molecule has 2 amide bonds. The highest BCUT2D eigenvalue weighted by Crippen LogP contribution is 2.60. The van der Waals surface area contributed by atoms with E-state index in [-0.39, 0.29) is 24.6 Å². The molecule has 10 heteroatoms. The van der Waals surface area contributed by atoms with Crippen LogP contribution in [0, 0.1) is 40.2 Å². The van der Waals surface area contributed by atoms with E-state index in [1.807, 2.05) is 0 Å². The standard InChI is InChI=1S/C25H31N3O7/c1-14-4-18(28(33)34)2-3-20(14)26-22(30)13-35-23(31)21-8-19(29)12-27(21)24(32)25-9-15-5-16(10-25)7-17(6-15)11-25/h2-4,15-17,19,21,29H,5-13H2,1H3,(H,26,30)/t15?,16?,17?,19?,21-,25?/m0/s1. The fourth-order valence-corrected chi connectivity index (χ4v) is 7.26. The molecule has 1 aromatic rings. The Morgan fingerprint density at radius 2 is 1.77 bits per heavy atom. The molecular formula is C25H31N3O7. The first-order valence-electron chi connectivity index (χ1n) is 12.3. The molecule has 35 heavy (non-hydrogen) atoms. The molecule has 0 radical (unpaired) electrons. The molecule has 4 bridgehead atoms. The first-order chi connectivity index (χ1) is 16.6. The normalized spacial score (nSPS) is 33.0. The summed E-state index contributed by atoms with van der Waals surface area (Å²) in [5.41, 5.74) is 0.370. The van der Waals surface area contributed by atoms with Crippen LogP contribution in [0.25, 0.3) is 0 Å². The summed E-state index contributed by atoms with van der Waals surface area (Å²) in [5, 5.41) is 23.8. The lowest BCUT2D eigenvalue weighted by atomic mass is 9.49. The maximum atomic E-state index is 13.7. The number of anilines is 1. The zero-order valence-electron chi connectivity index (χ0n) is 19.8. The molecule has 5 aliphatic rings. The summed E-state index contributed by atoms with van der Waals surface area (Å²) in [4.78, 5) is 50.8. The molecule has 4 aliphatic carbocycles. The number of nitro benzene ring substituents is 1. The predicted octanol–water partition coefficient (Wildman–Crippen LogP) is 2.56. The number of β-amino-alcohol motifs (C(OH)–C–C–N with tert-alkyl or cyclic N) is 1. The van der Waals surface area contributed by atoms with Gasteiger partial charge in [-0.25, -0.2) is 4.79 Å². The summed E-state index contributed by atoms with van der Waals surface area (Å²) in [6.45, 7) is 1.18. The van der Waals surface area contributed by atoms with E-state index >= 15 is 0 Å². The smallest absolute Gasteiger partial charge is 0.329 e. The van der Waals surface area contributed by atoms with Crippen LogP contribution in [0.2, 0.25) is 0 Å². The maximum Gasteiger partial charge on any atom is 0.329 e. The van der Waals surface area contributed by atoms with E-state index in [1.165, 1.54) is 42.4 Å². The second kappa shape index (κ2) is 8.89. The molecule has 2 N–H and O–H groups in total. The van der Waals surface area contributed by atoms with E-state index in [1.54, 1.807) is 6.92 Å². The number of amides is 2. The van der Waals surface area contributed by atoms with Crippen LogP contribution in [0.4, 0.5) is 11.4 Å².